The second-order valence-corrected chi connectivity index (χ2v) is 5.50. The Balaban J connectivity index is 1.83. The van der Waals surface area contributed by atoms with Crippen LogP contribution in [0.2, 0.25) is 0 Å². The minimum Gasteiger partial charge on any atom is -0.493 e. The third-order valence-corrected chi connectivity index (χ3v) is 3.69. The van der Waals surface area contributed by atoms with Crippen LogP contribution < -0.4 is 24.8 Å². The fourth-order valence-corrected chi connectivity index (χ4v) is 2.53. The summed E-state index contributed by atoms with van der Waals surface area (Å²) in [5, 5.41) is 10.7. The van der Waals surface area contributed by atoms with Crippen LogP contribution in [0.1, 0.15) is 0 Å². The molecule has 2 heterocycles. The van der Waals surface area contributed by atoms with E-state index in [1.807, 2.05) is 37.5 Å². The van der Waals surface area contributed by atoms with Crippen molar-refractivity contribution in [1.29, 1.82) is 0 Å². The van der Waals surface area contributed by atoms with Gasteiger partial charge in [0, 0.05) is 49.0 Å². The Morgan fingerprint density at radius 3 is 2.19 bits per heavy atom. The van der Waals surface area contributed by atoms with Gasteiger partial charge in [-0.3, -0.25) is 4.68 Å². The molecule has 0 aliphatic carbocycles. The normalized spacial score (nSPS) is 10.3. The van der Waals surface area contributed by atoms with Crippen LogP contribution in [-0.4, -0.2) is 36.1 Å². The monoisotopic (exact) mass is 355 g/mol. The number of nitrogens with one attached hydrogen (secondary N) is 2. The Bertz CT molecular complexity index is 869. The number of anilines is 4. The molecule has 8 heteroatoms. The van der Waals surface area contributed by atoms with Crippen LogP contribution in [0.4, 0.5) is 22.9 Å². The zero-order valence-corrected chi connectivity index (χ0v) is 15.1. The van der Waals surface area contributed by atoms with Gasteiger partial charge < -0.3 is 24.8 Å². The molecule has 136 valence electrons. The van der Waals surface area contributed by atoms with Gasteiger partial charge in [0.05, 0.1) is 33.2 Å². The fourth-order valence-electron chi connectivity index (χ4n) is 2.53. The molecule has 0 amide bonds. The highest BCUT2D eigenvalue weighted by atomic mass is 16.5. The van der Waals surface area contributed by atoms with E-state index in [4.69, 9.17) is 14.2 Å². The van der Waals surface area contributed by atoms with Crippen molar-refractivity contribution in [3.05, 3.63) is 42.9 Å². The summed E-state index contributed by atoms with van der Waals surface area (Å²) < 4.78 is 17.8. The summed E-state index contributed by atoms with van der Waals surface area (Å²) in [5.74, 6) is 2.35. The van der Waals surface area contributed by atoms with Gasteiger partial charge in [0.1, 0.15) is 5.82 Å². The lowest BCUT2D eigenvalue weighted by atomic mass is 10.2. The van der Waals surface area contributed by atoms with Crippen molar-refractivity contribution in [3.8, 4) is 17.2 Å². The lowest BCUT2D eigenvalue weighted by Gasteiger charge is -2.15. The van der Waals surface area contributed by atoms with Crippen molar-refractivity contribution in [1.82, 2.24) is 14.8 Å². The number of ether oxygens (including phenoxy) is 3. The Hall–Kier alpha value is -3.42. The van der Waals surface area contributed by atoms with E-state index in [0.717, 1.165) is 17.1 Å². The second kappa shape index (κ2) is 7.64. The van der Waals surface area contributed by atoms with Gasteiger partial charge in [-0.2, -0.15) is 5.10 Å². The van der Waals surface area contributed by atoms with Gasteiger partial charge in [0.2, 0.25) is 5.75 Å². The molecule has 1 aromatic carbocycles. The van der Waals surface area contributed by atoms with E-state index in [1.165, 1.54) is 0 Å². The molecule has 2 aromatic heterocycles. The number of aromatic nitrogens is 3. The smallest absolute Gasteiger partial charge is 0.203 e. The quantitative estimate of drug-likeness (QED) is 0.673. The molecule has 0 spiro atoms. The van der Waals surface area contributed by atoms with Crippen molar-refractivity contribution in [2.24, 2.45) is 7.05 Å². The summed E-state index contributed by atoms with van der Waals surface area (Å²) in [5.41, 5.74) is 2.56. The lowest BCUT2D eigenvalue weighted by molar-refractivity contribution is 0.324. The number of aryl methyl sites for hydroxylation is 1. The SMILES string of the molecule is COc1cc(Nc2cc(Nc3cnn(C)c3)ccn2)cc(OC)c1OC. The van der Waals surface area contributed by atoms with Gasteiger partial charge in [0.15, 0.2) is 11.5 Å². The van der Waals surface area contributed by atoms with Crippen molar-refractivity contribution in [3.63, 3.8) is 0 Å². The molecule has 0 aliphatic rings. The first-order valence-electron chi connectivity index (χ1n) is 7.91. The number of rotatable bonds is 7. The van der Waals surface area contributed by atoms with Gasteiger partial charge in [-0.05, 0) is 6.07 Å². The van der Waals surface area contributed by atoms with Gasteiger partial charge in [-0.1, -0.05) is 0 Å². The first kappa shape index (κ1) is 17.4. The number of pyridine rings is 1. The highest BCUT2D eigenvalue weighted by Crippen LogP contribution is 2.40. The van der Waals surface area contributed by atoms with E-state index in [2.05, 4.69) is 20.7 Å². The summed E-state index contributed by atoms with van der Waals surface area (Å²) >= 11 is 0. The molecular formula is C18H21N5O3. The van der Waals surface area contributed by atoms with Gasteiger partial charge in [0.25, 0.3) is 0 Å². The number of benzene rings is 1. The highest BCUT2D eigenvalue weighted by Gasteiger charge is 2.13. The van der Waals surface area contributed by atoms with E-state index in [0.29, 0.717) is 23.1 Å². The molecule has 26 heavy (non-hydrogen) atoms. The molecule has 0 bridgehead atoms. The molecule has 0 radical (unpaired) electrons. The Labute approximate surface area is 151 Å². The molecule has 2 N–H and O–H groups in total. The van der Waals surface area contributed by atoms with E-state index in [-0.39, 0.29) is 0 Å². The molecule has 0 unspecified atom stereocenters. The van der Waals surface area contributed by atoms with Gasteiger partial charge >= 0.3 is 0 Å². The van der Waals surface area contributed by atoms with Crippen LogP contribution in [0.15, 0.2) is 42.9 Å². The summed E-state index contributed by atoms with van der Waals surface area (Å²) in [4.78, 5) is 4.35. The van der Waals surface area contributed by atoms with Crippen LogP contribution in [0.3, 0.4) is 0 Å². The maximum absolute atomic E-state index is 5.38. The molecule has 3 rings (SSSR count). The Morgan fingerprint density at radius 1 is 0.885 bits per heavy atom. The minimum atomic E-state index is 0.542. The zero-order chi connectivity index (χ0) is 18.5. The standard InChI is InChI=1S/C18H21N5O3/c1-23-11-14(10-20-23)21-12-5-6-19-17(9-12)22-13-7-15(24-2)18(26-4)16(8-13)25-3/h5-11H,1-4H3,(H2,19,21,22). The summed E-state index contributed by atoms with van der Waals surface area (Å²) in [6.07, 6.45) is 5.37. The summed E-state index contributed by atoms with van der Waals surface area (Å²) in [7, 11) is 6.60. The first-order chi connectivity index (χ1) is 12.6. The van der Waals surface area contributed by atoms with Crippen molar-refractivity contribution < 1.29 is 14.2 Å². The molecule has 8 nitrogen and oxygen atoms in total. The molecule has 0 saturated heterocycles. The maximum atomic E-state index is 5.38. The van der Waals surface area contributed by atoms with Crippen LogP contribution in [0.5, 0.6) is 17.2 Å². The third-order valence-electron chi connectivity index (χ3n) is 3.69. The summed E-state index contributed by atoms with van der Waals surface area (Å²) in [6.45, 7) is 0. The highest BCUT2D eigenvalue weighted by molar-refractivity contribution is 5.69. The van der Waals surface area contributed by atoms with E-state index in [9.17, 15) is 0 Å². The predicted octanol–water partition coefficient (Wildman–Crippen LogP) is 3.33. The topological polar surface area (TPSA) is 82.5 Å². The van der Waals surface area contributed by atoms with Crippen LogP contribution in [0.25, 0.3) is 0 Å². The van der Waals surface area contributed by atoms with E-state index >= 15 is 0 Å². The molecule has 3 aromatic rings. The fraction of sp³-hybridized carbons (Fsp3) is 0.222. The average Bonchev–Trinajstić information content (AvgIpc) is 3.05. The average molecular weight is 355 g/mol. The molecule has 0 fully saturated rings. The molecule has 0 aliphatic heterocycles. The second-order valence-electron chi connectivity index (χ2n) is 5.50. The van der Waals surface area contributed by atoms with Crippen molar-refractivity contribution in [2.45, 2.75) is 0 Å². The van der Waals surface area contributed by atoms with Gasteiger partial charge in [-0.15, -0.1) is 0 Å². The van der Waals surface area contributed by atoms with Crippen molar-refractivity contribution in [2.75, 3.05) is 32.0 Å². The third kappa shape index (κ3) is 3.80. The number of nitrogens with zero attached hydrogens (tertiary/aromatic N) is 3. The Morgan fingerprint density at radius 2 is 1.62 bits per heavy atom. The number of hydrogen-bond acceptors (Lipinski definition) is 7. The van der Waals surface area contributed by atoms with Crippen LogP contribution in [0, 0.1) is 0 Å². The van der Waals surface area contributed by atoms with E-state index < -0.39 is 0 Å². The largest absolute Gasteiger partial charge is 0.493 e. The summed E-state index contributed by atoms with van der Waals surface area (Å²) in [6, 6.07) is 7.43. The lowest BCUT2D eigenvalue weighted by Crippen LogP contribution is -1.99. The number of methoxy groups -OCH3 is 3. The van der Waals surface area contributed by atoms with Gasteiger partial charge in [-0.25, -0.2) is 4.98 Å². The molecule has 0 saturated carbocycles. The predicted molar refractivity (Wildman–Crippen MR) is 100 cm³/mol. The van der Waals surface area contributed by atoms with Crippen molar-refractivity contribution >= 4 is 22.9 Å². The molecular weight excluding hydrogens is 334 g/mol. The Kier molecular flexibility index (Phi) is 5.12. The van der Waals surface area contributed by atoms with Crippen LogP contribution >= 0.6 is 0 Å². The number of hydrogen-bond donors (Lipinski definition) is 2. The van der Waals surface area contributed by atoms with E-state index in [1.54, 1.807) is 38.4 Å². The zero-order valence-electron chi connectivity index (χ0n) is 15.1. The molecule has 0 atom stereocenters. The minimum absolute atomic E-state index is 0.542. The first-order valence-corrected chi connectivity index (χ1v) is 7.91. The van der Waals surface area contributed by atoms with Crippen LogP contribution in [-0.2, 0) is 7.05 Å². The maximum Gasteiger partial charge on any atom is 0.203 e.